The summed E-state index contributed by atoms with van der Waals surface area (Å²) >= 11 is 6.41. The summed E-state index contributed by atoms with van der Waals surface area (Å²) in [6.45, 7) is 8.14. The predicted molar refractivity (Wildman–Crippen MR) is 111 cm³/mol. The van der Waals surface area contributed by atoms with Crippen LogP contribution in [0.2, 0.25) is 5.02 Å². The molecular weight excluding hydrogens is 362 g/mol. The van der Waals surface area contributed by atoms with E-state index in [-0.39, 0.29) is 29.3 Å². The van der Waals surface area contributed by atoms with Gasteiger partial charge in [-0.05, 0) is 54.9 Å². The van der Waals surface area contributed by atoms with Crippen LogP contribution in [0.3, 0.4) is 0 Å². The van der Waals surface area contributed by atoms with Crippen molar-refractivity contribution in [1.82, 2.24) is 4.90 Å². The molecule has 1 saturated carbocycles. The Balaban J connectivity index is 2.25. The first-order chi connectivity index (χ1) is 12.5. The van der Waals surface area contributed by atoms with Gasteiger partial charge in [0.05, 0.1) is 0 Å². The van der Waals surface area contributed by atoms with Crippen LogP contribution in [0.25, 0.3) is 0 Å². The van der Waals surface area contributed by atoms with Crippen LogP contribution in [-0.2, 0) is 16.1 Å². The maximum absolute atomic E-state index is 13.1. The molecule has 27 heavy (non-hydrogen) atoms. The SMILES string of the molecule is CC(=O)Nc1ccc(Cl)c(CN(C(=O)CC(C)(C)C)C2CCC(N)CC2)c1. The fourth-order valence-corrected chi connectivity index (χ4v) is 3.73. The van der Waals surface area contributed by atoms with E-state index >= 15 is 0 Å². The van der Waals surface area contributed by atoms with E-state index in [0.29, 0.717) is 23.7 Å². The minimum atomic E-state index is -0.134. The fraction of sp³-hybridized carbons (Fsp3) is 0.619. The third-order valence-electron chi connectivity index (χ3n) is 4.89. The van der Waals surface area contributed by atoms with E-state index in [0.717, 1.165) is 31.2 Å². The Morgan fingerprint density at radius 1 is 1.22 bits per heavy atom. The van der Waals surface area contributed by atoms with Crippen molar-refractivity contribution in [3.8, 4) is 0 Å². The zero-order valence-corrected chi connectivity index (χ0v) is 17.6. The molecule has 2 rings (SSSR count). The van der Waals surface area contributed by atoms with Crippen LogP contribution in [-0.4, -0.2) is 28.8 Å². The van der Waals surface area contributed by atoms with Gasteiger partial charge >= 0.3 is 0 Å². The standard InChI is InChI=1S/C21H32ClN3O2/c1-14(26)24-17-7-10-19(22)15(11-17)13-25(20(27)12-21(2,3)4)18-8-5-16(23)6-9-18/h7,10-11,16,18H,5-6,8-9,12-13,23H2,1-4H3,(H,24,26). The minimum Gasteiger partial charge on any atom is -0.335 e. The lowest BCUT2D eigenvalue weighted by Crippen LogP contribution is -2.44. The van der Waals surface area contributed by atoms with Crippen molar-refractivity contribution in [2.45, 2.75) is 78.4 Å². The fourth-order valence-electron chi connectivity index (χ4n) is 3.55. The number of hydrogen-bond donors (Lipinski definition) is 2. The van der Waals surface area contributed by atoms with Crippen LogP contribution in [0, 0.1) is 5.41 Å². The van der Waals surface area contributed by atoms with Gasteiger partial charge in [-0.1, -0.05) is 32.4 Å². The Kier molecular flexibility index (Phi) is 7.29. The zero-order valence-electron chi connectivity index (χ0n) is 16.8. The molecule has 0 heterocycles. The molecule has 0 saturated heterocycles. The summed E-state index contributed by atoms with van der Waals surface area (Å²) < 4.78 is 0. The Morgan fingerprint density at radius 2 is 1.85 bits per heavy atom. The number of amides is 2. The number of carbonyl (C=O) groups excluding carboxylic acids is 2. The zero-order chi connectivity index (χ0) is 20.2. The van der Waals surface area contributed by atoms with Gasteiger partial charge in [-0.3, -0.25) is 9.59 Å². The topological polar surface area (TPSA) is 75.4 Å². The summed E-state index contributed by atoms with van der Waals surface area (Å²) in [5.41, 5.74) is 7.51. The van der Waals surface area contributed by atoms with Gasteiger partial charge in [0.1, 0.15) is 0 Å². The molecule has 0 aliphatic heterocycles. The molecule has 0 spiro atoms. The van der Waals surface area contributed by atoms with E-state index in [2.05, 4.69) is 26.1 Å². The number of carbonyl (C=O) groups is 2. The molecule has 0 aromatic heterocycles. The molecule has 2 amide bonds. The summed E-state index contributed by atoms with van der Waals surface area (Å²) in [5, 5.41) is 3.38. The third-order valence-corrected chi connectivity index (χ3v) is 5.26. The molecule has 0 unspecified atom stereocenters. The number of benzene rings is 1. The summed E-state index contributed by atoms with van der Waals surface area (Å²) in [6.07, 6.45) is 4.19. The minimum absolute atomic E-state index is 0.0811. The van der Waals surface area contributed by atoms with Crippen LogP contribution in [0.15, 0.2) is 18.2 Å². The first-order valence-electron chi connectivity index (χ1n) is 9.66. The van der Waals surface area contributed by atoms with E-state index in [9.17, 15) is 9.59 Å². The molecule has 1 aromatic rings. The van der Waals surface area contributed by atoms with Crippen LogP contribution in [0.4, 0.5) is 5.69 Å². The molecule has 0 bridgehead atoms. The van der Waals surface area contributed by atoms with Gasteiger partial charge < -0.3 is 16.0 Å². The number of nitrogens with two attached hydrogens (primary N) is 1. The van der Waals surface area contributed by atoms with E-state index in [1.54, 1.807) is 12.1 Å². The monoisotopic (exact) mass is 393 g/mol. The highest BCUT2D eigenvalue weighted by Gasteiger charge is 2.30. The number of anilines is 1. The lowest BCUT2D eigenvalue weighted by atomic mass is 9.88. The Morgan fingerprint density at radius 3 is 2.41 bits per heavy atom. The first-order valence-corrected chi connectivity index (χ1v) is 10.0. The average Bonchev–Trinajstić information content (AvgIpc) is 2.54. The summed E-state index contributed by atoms with van der Waals surface area (Å²) in [7, 11) is 0. The largest absolute Gasteiger partial charge is 0.335 e. The van der Waals surface area contributed by atoms with E-state index in [1.807, 2.05) is 11.0 Å². The predicted octanol–water partition coefficient (Wildman–Crippen LogP) is 4.33. The van der Waals surface area contributed by atoms with Gasteiger partial charge in [0.25, 0.3) is 0 Å². The van der Waals surface area contributed by atoms with Crippen molar-refractivity contribution in [2.75, 3.05) is 5.32 Å². The Hall–Kier alpha value is -1.59. The van der Waals surface area contributed by atoms with Crippen LogP contribution < -0.4 is 11.1 Å². The molecule has 6 heteroatoms. The summed E-state index contributed by atoms with van der Waals surface area (Å²) in [5.74, 6) is 0.00849. The van der Waals surface area contributed by atoms with Gasteiger partial charge in [0, 0.05) is 42.7 Å². The van der Waals surface area contributed by atoms with Crippen molar-refractivity contribution in [1.29, 1.82) is 0 Å². The molecule has 1 aromatic carbocycles. The van der Waals surface area contributed by atoms with Crippen molar-refractivity contribution in [3.63, 3.8) is 0 Å². The summed E-state index contributed by atoms with van der Waals surface area (Å²) in [4.78, 5) is 26.4. The second-order valence-electron chi connectivity index (χ2n) is 8.82. The van der Waals surface area contributed by atoms with Gasteiger partial charge in [0.2, 0.25) is 11.8 Å². The van der Waals surface area contributed by atoms with Gasteiger partial charge in [-0.25, -0.2) is 0 Å². The molecule has 3 N–H and O–H groups in total. The Bertz CT molecular complexity index is 676. The van der Waals surface area contributed by atoms with Crippen molar-refractivity contribution < 1.29 is 9.59 Å². The van der Waals surface area contributed by atoms with Gasteiger partial charge in [0.15, 0.2) is 0 Å². The number of nitrogens with one attached hydrogen (secondary N) is 1. The quantitative estimate of drug-likeness (QED) is 0.781. The van der Waals surface area contributed by atoms with Crippen molar-refractivity contribution >= 4 is 29.1 Å². The lowest BCUT2D eigenvalue weighted by Gasteiger charge is -2.37. The molecule has 5 nitrogen and oxygen atoms in total. The molecule has 1 aliphatic rings. The van der Waals surface area contributed by atoms with Crippen molar-refractivity contribution in [3.05, 3.63) is 28.8 Å². The smallest absolute Gasteiger partial charge is 0.223 e. The number of nitrogens with zero attached hydrogens (tertiary/aromatic N) is 1. The molecule has 150 valence electrons. The van der Waals surface area contributed by atoms with Crippen LogP contribution >= 0.6 is 11.6 Å². The number of rotatable bonds is 5. The maximum Gasteiger partial charge on any atom is 0.223 e. The average molecular weight is 394 g/mol. The second kappa shape index (κ2) is 9.07. The highest BCUT2D eigenvalue weighted by molar-refractivity contribution is 6.31. The normalized spacial score (nSPS) is 20.2. The maximum atomic E-state index is 13.1. The molecule has 1 fully saturated rings. The summed E-state index contributed by atoms with van der Waals surface area (Å²) in [6, 6.07) is 5.81. The third kappa shape index (κ3) is 6.82. The lowest BCUT2D eigenvalue weighted by molar-refractivity contribution is -0.137. The van der Waals surface area contributed by atoms with Crippen LogP contribution in [0.1, 0.15) is 65.4 Å². The van der Waals surface area contributed by atoms with Gasteiger partial charge in [-0.2, -0.15) is 0 Å². The first kappa shape index (κ1) is 21.7. The highest BCUT2D eigenvalue weighted by atomic mass is 35.5. The van der Waals surface area contributed by atoms with E-state index in [4.69, 9.17) is 17.3 Å². The number of halogens is 1. The molecule has 0 radical (unpaired) electrons. The van der Waals surface area contributed by atoms with Crippen LogP contribution in [0.5, 0.6) is 0 Å². The van der Waals surface area contributed by atoms with E-state index in [1.165, 1.54) is 6.92 Å². The molecule has 0 atom stereocenters. The highest BCUT2D eigenvalue weighted by Crippen LogP contribution is 2.30. The van der Waals surface area contributed by atoms with E-state index < -0.39 is 0 Å². The molecular formula is C21H32ClN3O2. The molecule has 1 aliphatic carbocycles. The Labute approximate surface area is 167 Å². The number of hydrogen-bond acceptors (Lipinski definition) is 3. The van der Waals surface area contributed by atoms with Crippen molar-refractivity contribution in [2.24, 2.45) is 11.1 Å². The second-order valence-corrected chi connectivity index (χ2v) is 9.22. The van der Waals surface area contributed by atoms with Gasteiger partial charge in [-0.15, -0.1) is 0 Å².